The molecule has 0 bridgehead atoms. The van der Waals surface area contributed by atoms with E-state index in [9.17, 15) is 19.1 Å². The Bertz CT molecular complexity index is 1240. The third kappa shape index (κ3) is 5.79. The van der Waals surface area contributed by atoms with E-state index in [0.717, 1.165) is 41.1 Å². The van der Waals surface area contributed by atoms with Gasteiger partial charge in [-0.1, -0.05) is 6.42 Å². The third-order valence-corrected chi connectivity index (χ3v) is 9.45. The number of primary amides is 1. The van der Waals surface area contributed by atoms with Gasteiger partial charge in [0.2, 0.25) is 5.91 Å². The van der Waals surface area contributed by atoms with Gasteiger partial charge in [-0.15, -0.1) is 10.5 Å². The summed E-state index contributed by atoms with van der Waals surface area (Å²) in [6.07, 6.45) is 5.93. The minimum Gasteiger partial charge on any atom is -0.485 e. The number of hydrogen-bond donors (Lipinski definition) is 3. The Morgan fingerprint density at radius 3 is 2.63 bits per heavy atom. The highest BCUT2D eigenvalue weighted by Crippen LogP contribution is 2.48. The zero-order chi connectivity index (χ0) is 27.6. The Kier molecular flexibility index (Phi) is 8.59. The number of allylic oxidation sites excluding steroid dienone is 3. The molecular formula is C27H35FN4O5S. The smallest absolute Gasteiger partial charge is 0.415 e. The summed E-state index contributed by atoms with van der Waals surface area (Å²) in [7, 11) is 4.79. The number of methoxy groups -OCH3 is 1. The number of nitrogens with two attached hydrogens (primary N) is 1. The second-order valence-electron chi connectivity index (χ2n) is 9.76. The summed E-state index contributed by atoms with van der Waals surface area (Å²) in [6, 6.07) is 4.26. The number of fused-ring (bicyclic) bond motifs is 1. The largest absolute Gasteiger partial charge is 0.485 e. The second-order valence-corrected chi connectivity index (χ2v) is 11.8. The van der Waals surface area contributed by atoms with Gasteiger partial charge < -0.3 is 25.6 Å². The Morgan fingerprint density at radius 1 is 1.29 bits per heavy atom. The number of carbonyl (C=O) groups is 2. The fourth-order valence-corrected chi connectivity index (χ4v) is 7.37. The van der Waals surface area contributed by atoms with E-state index in [2.05, 4.69) is 5.32 Å². The molecule has 0 spiro atoms. The molecule has 2 heterocycles. The van der Waals surface area contributed by atoms with E-state index >= 15 is 0 Å². The van der Waals surface area contributed by atoms with Gasteiger partial charge in [-0.3, -0.25) is 14.6 Å². The summed E-state index contributed by atoms with van der Waals surface area (Å²) in [4.78, 5) is 27.9. The number of nitrogens with zero attached hydrogens (tertiary/aromatic N) is 2. The molecule has 0 saturated heterocycles. The first-order valence-corrected chi connectivity index (χ1v) is 13.9. The van der Waals surface area contributed by atoms with E-state index in [0.29, 0.717) is 22.8 Å². The molecule has 1 fully saturated rings. The van der Waals surface area contributed by atoms with Gasteiger partial charge in [0.25, 0.3) is 0 Å². The molecule has 4 atom stereocenters. The van der Waals surface area contributed by atoms with Gasteiger partial charge in [0.15, 0.2) is 0 Å². The van der Waals surface area contributed by atoms with Gasteiger partial charge >= 0.3 is 6.09 Å². The topological polar surface area (TPSA) is 117 Å². The van der Waals surface area contributed by atoms with Gasteiger partial charge in [-0.25, -0.2) is 9.18 Å². The molecule has 0 radical (unpaired) electrons. The van der Waals surface area contributed by atoms with E-state index in [-0.39, 0.29) is 24.0 Å². The van der Waals surface area contributed by atoms with Crippen LogP contribution in [0.4, 0.5) is 14.9 Å². The zero-order valence-corrected chi connectivity index (χ0v) is 22.9. The number of carboxylic acid groups (broad SMARTS) is 1. The van der Waals surface area contributed by atoms with Crippen LogP contribution in [0.25, 0.3) is 0 Å². The van der Waals surface area contributed by atoms with Gasteiger partial charge in [0.05, 0.1) is 29.3 Å². The highest BCUT2D eigenvalue weighted by molar-refractivity contribution is 8.19. The molecule has 1 aliphatic carbocycles. The minimum atomic E-state index is -1.14. The average Bonchev–Trinajstić information content (AvgIpc) is 3.28. The molecule has 11 heteroatoms. The third-order valence-electron chi connectivity index (χ3n) is 7.02. The lowest BCUT2D eigenvalue weighted by molar-refractivity contribution is -0.118. The second kappa shape index (κ2) is 11.7. The fraction of sp³-hybridized carbons (Fsp3) is 0.444. The fourth-order valence-electron chi connectivity index (χ4n) is 5.02. The Hall–Kier alpha value is -3.15. The van der Waals surface area contributed by atoms with Gasteiger partial charge in [-0.05, 0) is 63.9 Å². The number of halogens is 1. The summed E-state index contributed by atoms with van der Waals surface area (Å²) in [5.74, 6) is -0.536. The number of nitrogens with one attached hydrogen (secondary N) is 1. The number of anilines is 1. The molecule has 3 aliphatic rings. The zero-order valence-electron chi connectivity index (χ0n) is 22.1. The molecule has 1 aromatic rings. The Morgan fingerprint density at radius 2 is 2.00 bits per heavy atom. The average molecular weight is 547 g/mol. The van der Waals surface area contributed by atoms with Crippen molar-refractivity contribution in [1.82, 2.24) is 9.80 Å². The maximum absolute atomic E-state index is 14.3. The van der Waals surface area contributed by atoms with Crippen LogP contribution < -0.4 is 15.8 Å². The molecule has 9 nitrogen and oxygen atoms in total. The predicted molar refractivity (Wildman–Crippen MR) is 147 cm³/mol. The van der Waals surface area contributed by atoms with Crippen molar-refractivity contribution in [1.29, 1.82) is 0 Å². The van der Waals surface area contributed by atoms with Crippen LogP contribution in [0.3, 0.4) is 0 Å². The van der Waals surface area contributed by atoms with Crippen LogP contribution in [-0.4, -0.2) is 71.1 Å². The summed E-state index contributed by atoms with van der Waals surface area (Å²) >= 11 is 0. The van der Waals surface area contributed by atoms with Crippen LogP contribution >= 0.6 is 10.5 Å². The number of benzene rings is 1. The van der Waals surface area contributed by atoms with Gasteiger partial charge in [0.1, 0.15) is 17.7 Å². The van der Waals surface area contributed by atoms with Crippen molar-refractivity contribution in [2.75, 3.05) is 26.5 Å². The van der Waals surface area contributed by atoms with E-state index in [1.165, 1.54) is 12.1 Å². The first-order chi connectivity index (χ1) is 18.1. The highest BCUT2D eigenvalue weighted by Gasteiger charge is 2.34. The molecule has 2 aliphatic heterocycles. The SMILES string of the molecule is CO[C@H]1CCCC[C@@H]1Oc1cc(F)ccc1NC1=C(C)N(C(=O)O)C=C2C1=CC=S2C(CC(N)=O)N(C)C. The van der Waals surface area contributed by atoms with Crippen molar-refractivity contribution in [2.45, 2.75) is 56.6 Å². The summed E-state index contributed by atoms with van der Waals surface area (Å²) < 4.78 is 26.2. The van der Waals surface area contributed by atoms with Crippen molar-refractivity contribution in [3.05, 3.63) is 58.2 Å². The lowest BCUT2D eigenvalue weighted by atomic mass is 9.94. The van der Waals surface area contributed by atoms with Crippen LogP contribution in [0.5, 0.6) is 5.75 Å². The predicted octanol–water partition coefficient (Wildman–Crippen LogP) is 4.41. The Balaban J connectivity index is 1.69. The van der Waals surface area contributed by atoms with Gasteiger partial charge in [-0.2, -0.15) is 0 Å². The van der Waals surface area contributed by atoms with Crippen molar-refractivity contribution in [3.8, 4) is 5.75 Å². The quantitative estimate of drug-likeness (QED) is 0.393. The monoisotopic (exact) mass is 546 g/mol. The summed E-state index contributed by atoms with van der Waals surface area (Å²) in [5.41, 5.74) is 7.88. The molecular weight excluding hydrogens is 511 g/mol. The van der Waals surface area contributed by atoms with E-state index in [1.54, 1.807) is 26.3 Å². The number of hydrogen-bond acceptors (Lipinski definition) is 6. The Labute approximate surface area is 224 Å². The van der Waals surface area contributed by atoms with Crippen LogP contribution in [0.1, 0.15) is 39.0 Å². The number of amides is 2. The number of carbonyl (C=O) groups excluding carboxylic acids is 1. The van der Waals surface area contributed by atoms with Crippen LogP contribution in [-0.2, 0) is 9.53 Å². The first kappa shape index (κ1) is 27.9. The van der Waals surface area contributed by atoms with Crippen molar-refractivity contribution >= 4 is 33.5 Å². The van der Waals surface area contributed by atoms with Crippen molar-refractivity contribution in [2.24, 2.45) is 5.73 Å². The lowest BCUT2D eigenvalue weighted by Gasteiger charge is -2.33. The number of ether oxygens (including phenoxy) is 2. The first-order valence-electron chi connectivity index (χ1n) is 12.5. The summed E-state index contributed by atoms with van der Waals surface area (Å²) in [6.45, 7) is 1.71. The van der Waals surface area contributed by atoms with Crippen molar-refractivity contribution < 1.29 is 28.6 Å². The van der Waals surface area contributed by atoms with E-state index in [1.807, 2.05) is 30.4 Å². The van der Waals surface area contributed by atoms with Crippen LogP contribution in [0.15, 0.2) is 52.3 Å². The van der Waals surface area contributed by atoms with Crippen molar-refractivity contribution in [3.63, 3.8) is 0 Å². The molecule has 38 heavy (non-hydrogen) atoms. The van der Waals surface area contributed by atoms with E-state index in [4.69, 9.17) is 15.2 Å². The number of rotatable bonds is 9. The maximum Gasteiger partial charge on any atom is 0.415 e. The highest BCUT2D eigenvalue weighted by atomic mass is 32.2. The minimum absolute atomic E-state index is 0.0881. The molecule has 4 rings (SSSR count). The van der Waals surface area contributed by atoms with E-state index < -0.39 is 28.3 Å². The van der Waals surface area contributed by atoms with Crippen LogP contribution in [0, 0.1) is 5.82 Å². The van der Waals surface area contributed by atoms with Gasteiger partial charge in [0, 0.05) is 35.6 Å². The molecule has 1 saturated carbocycles. The summed E-state index contributed by atoms with van der Waals surface area (Å²) in [5, 5.41) is 15.1. The molecule has 2 unspecified atom stereocenters. The molecule has 1 aromatic carbocycles. The molecule has 206 valence electrons. The lowest BCUT2D eigenvalue weighted by Crippen LogP contribution is -2.36. The maximum atomic E-state index is 14.3. The molecule has 4 N–H and O–H groups in total. The standard InChI is InChI=1S/C27H35FN4O5S/c1-16-26(30-19-10-9-17(28)13-22(19)37-21-8-6-5-7-20(21)36-4)18-11-12-38(23(18)15-32(16)27(34)35)25(31(2)3)14-24(29)33/h9-13,15,20-21,25,30H,5-8,14H2,1-4H3,(H2,29,33)(H,34,35)/t20-,21-,25?,38?/m0/s1. The van der Waals surface area contributed by atoms with Crippen LogP contribution in [0.2, 0.25) is 0 Å². The normalized spacial score (nSPS) is 23.8. The molecule has 0 aromatic heterocycles. The molecule has 2 amide bonds.